The Morgan fingerprint density at radius 1 is 1.00 bits per heavy atom. The average Bonchev–Trinajstić information content (AvgIpc) is 2.20. The molecule has 0 aliphatic carbocycles. The summed E-state index contributed by atoms with van der Waals surface area (Å²) in [5.74, 6) is 0.618. The molecule has 1 heterocycles. The molecular formula is C15H29N. The monoisotopic (exact) mass is 223 g/mol. The molecule has 1 nitrogen and oxygen atoms in total. The molecule has 1 aliphatic heterocycles. The standard InChI is InChI=1S/C15H29N/c1-10-15(8,9)11(13(2,3)4)12(16-10)14(5,6)7/h11-12,16H,1H2,2-9H3. The maximum atomic E-state index is 4.22. The third kappa shape index (κ3) is 2.14. The maximum Gasteiger partial charge on any atom is 0.0348 e. The second kappa shape index (κ2) is 3.51. The van der Waals surface area contributed by atoms with Crippen LogP contribution in [0, 0.1) is 22.2 Å². The van der Waals surface area contributed by atoms with Crippen molar-refractivity contribution in [2.75, 3.05) is 0 Å². The van der Waals surface area contributed by atoms with Gasteiger partial charge in [0.1, 0.15) is 0 Å². The summed E-state index contributed by atoms with van der Waals surface area (Å²) < 4.78 is 0. The van der Waals surface area contributed by atoms with E-state index < -0.39 is 0 Å². The summed E-state index contributed by atoms with van der Waals surface area (Å²) in [5, 5.41) is 3.65. The topological polar surface area (TPSA) is 12.0 Å². The van der Waals surface area contributed by atoms with Gasteiger partial charge in [-0.05, 0) is 16.7 Å². The summed E-state index contributed by atoms with van der Waals surface area (Å²) >= 11 is 0. The zero-order valence-electron chi connectivity index (χ0n) is 12.4. The zero-order valence-corrected chi connectivity index (χ0v) is 12.4. The van der Waals surface area contributed by atoms with Gasteiger partial charge >= 0.3 is 0 Å². The van der Waals surface area contributed by atoms with Crippen LogP contribution in [0.25, 0.3) is 0 Å². The van der Waals surface area contributed by atoms with Crippen LogP contribution in [0.15, 0.2) is 12.3 Å². The van der Waals surface area contributed by atoms with Gasteiger partial charge in [0.05, 0.1) is 0 Å². The van der Waals surface area contributed by atoms with E-state index in [1.54, 1.807) is 0 Å². The predicted octanol–water partition coefficient (Wildman–Crippen LogP) is 4.21. The van der Waals surface area contributed by atoms with Crippen LogP contribution in [-0.2, 0) is 0 Å². The van der Waals surface area contributed by atoms with Crippen LogP contribution in [0.5, 0.6) is 0 Å². The Hall–Kier alpha value is -0.460. The largest absolute Gasteiger partial charge is 0.385 e. The molecule has 94 valence electrons. The predicted molar refractivity (Wildman–Crippen MR) is 72.2 cm³/mol. The van der Waals surface area contributed by atoms with Crippen LogP contribution in [-0.4, -0.2) is 6.04 Å². The second-order valence-electron chi connectivity index (χ2n) is 8.03. The van der Waals surface area contributed by atoms with E-state index in [-0.39, 0.29) is 10.8 Å². The van der Waals surface area contributed by atoms with Gasteiger partial charge in [0, 0.05) is 17.2 Å². The molecule has 1 N–H and O–H groups in total. The number of rotatable bonds is 0. The first kappa shape index (κ1) is 13.6. The first-order chi connectivity index (χ1) is 6.88. The number of hydrogen-bond acceptors (Lipinski definition) is 1. The molecule has 0 radical (unpaired) electrons. The maximum absolute atomic E-state index is 4.22. The minimum Gasteiger partial charge on any atom is -0.385 e. The Labute approximate surface area is 102 Å². The third-order valence-electron chi connectivity index (χ3n) is 4.08. The normalized spacial score (nSPS) is 30.4. The Balaban J connectivity index is 3.19. The van der Waals surface area contributed by atoms with E-state index in [2.05, 4.69) is 67.3 Å². The summed E-state index contributed by atoms with van der Waals surface area (Å²) in [4.78, 5) is 0. The summed E-state index contributed by atoms with van der Waals surface area (Å²) in [5.41, 5.74) is 1.95. The molecule has 0 saturated carbocycles. The van der Waals surface area contributed by atoms with Crippen molar-refractivity contribution in [2.24, 2.45) is 22.2 Å². The first-order valence-corrected chi connectivity index (χ1v) is 6.34. The SMILES string of the molecule is C=C1NC(C(C)(C)C)C(C(C)(C)C)C1(C)C. The Bertz CT molecular complexity index is 286. The lowest BCUT2D eigenvalue weighted by molar-refractivity contribution is 0.0763. The fourth-order valence-corrected chi connectivity index (χ4v) is 3.36. The summed E-state index contributed by atoms with van der Waals surface area (Å²) in [7, 11) is 0. The van der Waals surface area contributed by atoms with Crippen LogP contribution in [0.3, 0.4) is 0 Å². The molecule has 1 saturated heterocycles. The highest BCUT2D eigenvalue weighted by molar-refractivity contribution is 5.21. The number of allylic oxidation sites excluding steroid dienone is 1. The summed E-state index contributed by atoms with van der Waals surface area (Å²) in [6, 6.07) is 0.509. The Morgan fingerprint density at radius 2 is 1.44 bits per heavy atom. The van der Waals surface area contributed by atoms with Gasteiger partial charge < -0.3 is 5.32 Å². The highest BCUT2D eigenvalue weighted by atomic mass is 15.0. The minimum absolute atomic E-state index is 0.177. The van der Waals surface area contributed by atoms with Crippen molar-refractivity contribution in [1.29, 1.82) is 0 Å². The number of hydrogen-bond donors (Lipinski definition) is 1. The Morgan fingerprint density at radius 3 is 1.69 bits per heavy atom. The van der Waals surface area contributed by atoms with Gasteiger partial charge in [0.2, 0.25) is 0 Å². The van der Waals surface area contributed by atoms with E-state index in [1.807, 2.05) is 0 Å². The molecule has 0 aromatic rings. The van der Waals surface area contributed by atoms with Crippen molar-refractivity contribution in [2.45, 2.75) is 61.4 Å². The smallest absolute Gasteiger partial charge is 0.0348 e. The molecular weight excluding hydrogens is 194 g/mol. The lowest BCUT2D eigenvalue weighted by atomic mass is 9.60. The van der Waals surface area contributed by atoms with Crippen molar-refractivity contribution >= 4 is 0 Å². The van der Waals surface area contributed by atoms with E-state index in [4.69, 9.17) is 0 Å². The van der Waals surface area contributed by atoms with E-state index in [1.165, 1.54) is 5.70 Å². The molecule has 0 amide bonds. The quantitative estimate of drug-likeness (QED) is 0.649. The fourth-order valence-electron chi connectivity index (χ4n) is 3.36. The molecule has 1 rings (SSSR count). The summed E-state index contributed by atoms with van der Waals surface area (Å²) in [6.45, 7) is 22.9. The van der Waals surface area contributed by atoms with E-state index in [9.17, 15) is 0 Å². The highest BCUT2D eigenvalue weighted by Crippen LogP contribution is 2.53. The van der Waals surface area contributed by atoms with Crippen LogP contribution in [0.1, 0.15) is 55.4 Å². The van der Waals surface area contributed by atoms with Gasteiger partial charge in [-0.3, -0.25) is 0 Å². The van der Waals surface area contributed by atoms with Gasteiger partial charge in [0.15, 0.2) is 0 Å². The van der Waals surface area contributed by atoms with Crippen LogP contribution in [0.4, 0.5) is 0 Å². The van der Waals surface area contributed by atoms with Crippen LogP contribution < -0.4 is 5.32 Å². The third-order valence-corrected chi connectivity index (χ3v) is 4.08. The Kier molecular flexibility index (Phi) is 2.99. The van der Waals surface area contributed by atoms with E-state index >= 15 is 0 Å². The number of nitrogens with one attached hydrogen (secondary N) is 1. The molecule has 1 fully saturated rings. The second-order valence-corrected chi connectivity index (χ2v) is 8.03. The summed E-state index contributed by atoms with van der Waals surface area (Å²) in [6.07, 6.45) is 0. The van der Waals surface area contributed by atoms with Gasteiger partial charge in [-0.2, -0.15) is 0 Å². The lowest BCUT2D eigenvalue weighted by Gasteiger charge is -2.43. The van der Waals surface area contributed by atoms with Gasteiger partial charge in [0.25, 0.3) is 0 Å². The van der Waals surface area contributed by atoms with E-state index in [0.717, 1.165) is 0 Å². The van der Waals surface area contributed by atoms with Crippen molar-refractivity contribution in [3.05, 3.63) is 12.3 Å². The van der Waals surface area contributed by atoms with Gasteiger partial charge in [-0.1, -0.05) is 62.0 Å². The van der Waals surface area contributed by atoms with Crippen molar-refractivity contribution in [1.82, 2.24) is 5.32 Å². The average molecular weight is 223 g/mol. The van der Waals surface area contributed by atoms with E-state index in [0.29, 0.717) is 17.4 Å². The van der Waals surface area contributed by atoms with Gasteiger partial charge in [-0.15, -0.1) is 0 Å². The molecule has 0 bridgehead atoms. The van der Waals surface area contributed by atoms with Crippen molar-refractivity contribution in [3.8, 4) is 0 Å². The molecule has 0 spiro atoms. The molecule has 2 unspecified atom stereocenters. The fraction of sp³-hybridized carbons (Fsp3) is 0.867. The molecule has 1 aliphatic rings. The van der Waals surface area contributed by atoms with Crippen molar-refractivity contribution < 1.29 is 0 Å². The zero-order chi connectivity index (χ0) is 12.9. The van der Waals surface area contributed by atoms with Gasteiger partial charge in [-0.25, -0.2) is 0 Å². The molecule has 0 aromatic heterocycles. The molecule has 16 heavy (non-hydrogen) atoms. The van der Waals surface area contributed by atoms with Crippen LogP contribution >= 0.6 is 0 Å². The van der Waals surface area contributed by atoms with Crippen LogP contribution in [0.2, 0.25) is 0 Å². The highest BCUT2D eigenvalue weighted by Gasteiger charge is 2.53. The molecule has 0 aromatic carbocycles. The lowest BCUT2D eigenvalue weighted by Crippen LogP contribution is -2.46. The molecule has 2 atom stereocenters. The first-order valence-electron chi connectivity index (χ1n) is 6.34. The minimum atomic E-state index is 0.177. The molecule has 1 heteroatoms. The van der Waals surface area contributed by atoms with Crippen molar-refractivity contribution in [3.63, 3.8) is 0 Å².